The molecule has 4 rings (SSSR count). The van der Waals surface area contributed by atoms with Gasteiger partial charge in [-0.2, -0.15) is 5.10 Å². The molecule has 0 spiro atoms. The largest absolute Gasteiger partial charge is 0.496 e. The molecule has 0 unspecified atom stereocenters. The minimum Gasteiger partial charge on any atom is -0.496 e. The van der Waals surface area contributed by atoms with Crippen molar-refractivity contribution in [2.45, 2.75) is 6.54 Å². The first-order valence-electron chi connectivity index (χ1n) is 8.49. The number of hydrogen-bond acceptors (Lipinski definition) is 4. The number of rotatable bonds is 4. The highest BCUT2D eigenvalue weighted by atomic mass is 16.5. The first kappa shape index (κ1) is 16.8. The van der Waals surface area contributed by atoms with E-state index in [1.54, 1.807) is 31.4 Å². The van der Waals surface area contributed by atoms with Gasteiger partial charge in [-0.15, -0.1) is 0 Å². The third-order valence-corrected chi connectivity index (χ3v) is 4.55. The molecule has 6 nitrogen and oxygen atoms in total. The van der Waals surface area contributed by atoms with Gasteiger partial charge in [-0.1, -0.05) is 48.5 Å². The molecular formula is C21H17N3O3. The molecule has 0 saturated carbocycles. The van der Waals surface area contributed by atoms with Crippen LogP contribution in [0, 0.1) is 0 Å². The van der Waals surface area contributed by atoms with Gasteiger partial charge in [0.05, 0.1) is 12.5 Å². The van der Waals surface area contributed by atoms with E-state index in [0.29, 0.717) is 16.5 Å². The lowest BCUT2D eigenvalue weighted by atomic mass is 10.0. The van der Waals surface area contributed by atoms with Gasteiger partial charge in [0, 0.05) is 17.5 Å². The van der Waals surface area contributed by atoms with Crippen molar-refractivity contribution >= 4 is 27.5 Å². The molecule has 0 bridgehead atoms. The zero-order valence-corrected chi connectivity index (χ0v) is 14.7. The molecule has 0 aliphatic heterocycles. The Morgan fingerprint density at radius 3 is 2.48 bits per heavy atom. The fraction of sp³-hybridized carbons (Fsp3) is 0.0952. The first-order valence-corrected chi connectivity index (χ1v) is 8.49. The van der Waals surface area contributed by atoms with Gasteiger partial charge in [0.1, 0.15) is 5.75 Å². The van der Waals surface area contributed by atoms with Crippen LogP contribution in [-0.2, 0) is 6.54 Å². The summed E-state index contributed by atoms with van der Waals surface area (Å²) in [4.78, 5) is 24.6. The molecule has 6 heteroatoms. The van der Waals surface area contributed by atoms with Crippen molar-refractivity contribution in [3.63, 3.8) is 0 Å². The Hall–Kier alpha value is -3.67. The van der Waals surface area contributed by atoms with Crippen LogP contribution in [0.2, 0.25) is 0 Å². The number of aromatic amines is 1. The zero-order chi connectivity index (χ0) is 18.8. The normalized spacial score (nSPS) is 10.9. The number of nitrogens with one attached hydrogen (secondary N) is 2. The van der Waals surface area contributed by atoms with E-state index in [9.17, 15) is 9.59 Å². The minimum atomic E-state index is -0.363. The summed E-state index contributed by atoms with van der Waals surface area (Å²) in [6.07, 6.45) is 0. The van der Waals surface area contributed by atoms with Crippen molar-refractivity contribution in [1.82, 2.24) is 15.5 Å². The average Bonchev–Trinajstić information content (AvgIpc) is 2.72. The summed E-state index contributed by atoms with van der Waals surface area (Å²) in [5, 5.41) is 12.2. The van der Waals surface area contributed by atoms with Crippen LogP contribution in [0.1, 0.15) is 16.1 Å². The Kier molecular flexibility index (Phi) is 4.30. The molecule has 1 amide bonds. The maximum absolute atomic E-state index is 12.7. The average molecular weight is 359 g/mol. The van der Waals surface area contributed by atoms with Crippen molar-refractivity contribution in [1.29, 1.82) is 0 Å². The molecule has 1 heterocycles. The number of benzene rings is 3. The van der Waals surface area contributed by atoms with Gasteiger partial charge < -0.3 is 10.1 Å². The highest BCUT2D eigenvalue weighted by Crippen LogP contribution is 2.28. The van der Waals surface area contributed by atoms with Crippen molar-refractivity contribution in [3.05, 3.63) is 82.3 Å². The number of fused-ring (bicyclic) bond motifs is 2. The van der Waals surface area contributed by atoms with E-state index < -0.39 is 0 Å². The third kappa shape index (κ3) is 3.01. The van der Waals surface area contributed by atoms with Crippen molar-refractivity contribution in [2.24, 2.45) is 0 Å². The molecule has 27 heavy (non-hydrogen) atoms. The van der Waals surface area contributed by atoms with E-state index in [-0.39, 0.29) is 23.7 Å². The molecule has 0 saturated heterocycles. The van der Waals surface area contributed by atoms with E-state index in [1.165, 1.54) is 0 Å². The number of aromatic nitrogens is 2. The summed E-state index contributed by atoms with van der Waals surface area (Å²) in [5.74, 6) is 0.339. The van der Waals surface area contributed by atoms with Gasteiger partial charge in [0.25, 0.3) is 11.5 Å². The monoisotopic (exact) mass is 359 g/mol. The van der Waals surface area contributed by atoms with Gasteiger partial charge in [0.15, 0.2) is 5.69 Å². The quantitative estimate of drug-likeness (QED) is 0.587. The SMILES string of the molecule is COc1ccc2ccccc2c1CNC(=O)c1n[nH]c(=O)c2ccccc12. The van der Waals surface area contributed by atoms with Crippen LogP contribution in [0.15, 0.2) is 65.5 Å². The lowest BCUT2D eigenvalue weighted by Gasteiger charge is -2.13. The van der Waals surface area contributed by atoms with E-state index in [0.717, 1.165) is 16.3 Å². The smallest absolute Gasteiger partial charge is 0.272 e. The molecule has 134 valence electrons. The molecule has 0 atom stereocenters. The van der Waals surface area contributed by atoms with Crippen molar-refractivity contribution in [3.8, 4) is 5.75 Å². The minimum absolute atomic E-state index is 0.185. The summed E-state index contributed by atoms with van der Waals surface area (Å²) >= 11 is 0. The van der Waals surface area contributed by atoms with Crippen LogP contribution in [-0.4, -0.2) is 23.2 Å². The van der Waals surface area contributed by atoms with Gasteiger partial charge in [-0.25, -0.2) is 5.10 Å². The predicted octanol–water partition coefficient (Wildman–Crippen LogP) is 3.01. The standard InChI is InChI=1S/C21H17N3O3/c1-27-18-11-10-13-6-2-3-7-14(13)17(18)12-22-21(26)19-15-8-4-5-9-16(15)20(25)24-23-19/h2-11H,12H2,1H3,(H,22,26)(H,24,25). The van der Waals surface area contributed by atoms with Crippen LogP contribution in [0.5, 0.6) is 5.75 Å². The van der Waals surface area contributed by atoms with Crippen LogP contribution >= 0.6 is 0 Å². The fourth-order valence-corrected chi connectivity index (χ4v) is 3.23. The summed E-state index contributed by atoms with van der Waals surface area (Å²) in [6, 6.07) is 18.7. The van der Waals surface area contributed by atoms with Crippen LogP contribution in [0.3, 0.4) is 0 Å². The molecular weight excluding hydrogens is 342 g/mol. The maximum Gasteiger partial charge on any atom is 0.272 e. The van der Waals surface area contributed by atoms with E-state index >= 15 is 0 Å². The topological polar surface area (TPSA) is 84.1 Å². The second-order valence-electron chi connectivity index (χ2n) is 6.10. The molecule has 2 N–H and O–H groups in total. The van der Waals surface area contributed by atoms with Gasteiger partial charge in [0.2, 0.25) is 0 Å². The summed E-state index contributed by atoms with van der Waals surface area (Å²) in [7, 11) is 1.60. The Labute approximate surface area is 154 Å². The second kappa shape index (κ2) is 6.92. The number of carbonyl (C=O) groups is 1. The Morgan fingerprint density at radius 2 is 1.70 bits per heavy atom. The Bertz CT molecular complexity index is 1210. The first-order chi connectivity index (χ1) is 13.2. The van der Waals surface area contributed by atoms with E-state index in [1.807, 2.05) is 36.4 Å². The van der Waals surface area contributed by atoms with E-state index in [4.69, 9.17) is 4.74 Å². The molecule has 4 aromatic rings. The number of hydrogen-bond donors (Lipinski definition) is 2. The molecule has 1 aromatic heterocycles. The lowest BCUT2D eigenvalue weighted by molar-refractivity contribution is 0.0946. The second-order valence-corrected chi connectivity index (χ2v) is 6.10. The summed E-state index contributed by atoms with van der Waals surface area (Å²) in [5.41, 5.74) is 0.750. The zero-order valence-electron chi connectivity index (χ0n) is 14.7. The van der Waals surface area contributed by atoms with Gasteiger partial charge in [-0.3, -0.25) is 9.59 Å². The van der Waals surface area contributed by atoms with E-state index in [2.05, 4.69) is 15.5 Å². The number of ether oxygens (including phenoxy) is 1. The van der Waals surface area contributed by atoms with Gasteiger partial charge >= 0.3 is 0 Å². The number of amides is 1. The van der Waals surface area contributed by atoms with Crippen LogP contribution in [0.4, 0.5) is 0 Å². The van der Waals surface area contributed by atoms with Crippen LogP contribution < -0.4 is 15.6 Å². The molecule has 3 aromatic carbocycles. The number of methoxy groups -OCH3 is 1. The molecule has 0 aliphatic rings. The summed E-state index contributed by atoms with van der Waals surface area (Å²) < 4.78 is 5.46. The Balaban J connectivity index is 1.69. The molecule has 0 aliphatic carbocycles. The molecule has 0 fully saturated rings. The highest BCUT2D eigenvalue weighted by Gasteiger charge is 2.15. The third-order valence-electron chi connectivity index (χ3n) is 4.55. The lowest BCUT2D eigenvalue weighted by Crippen LogP contribution is -2.26. The number of carbonyl (C=O) groups excluding carboxylic acids is 1. The van der Waals surface area contributed by atoms with Crippen molar-refractivity contribution < 1.29 is 9.53 Å². The van der Waals surface area contributed by atoms with Crippen LogP contribution in [0.25, 0.3) is 21.5 Å². The predicted molar refractivity (Wildman–Crippen MR) is 104 cm³/mol. The summed E-state index contributed by atoms with van der Waals surface area (Å²) in [6.45, 7) is 0.276. The van der Waals surface area contributed by atoms with Crippen molar-refractivity contribution in [2.75, 3.05) is 7.11 Å². The Morgan fingerprint density at radius 1 is 1.00 bits per heavy atom. The highest BCUT2D eigenvalue weighted by molar-refractivity contribution is 6.04. The fourth-order valence-electron chi connectivity index (χ4n) is 3.23. The molecule has 0 radical (unpaired) electrons. The van der Waals surface area contributed by atoms with Gasteiger partial charge in [-0.05, 0) is 22.9 Å². The number of nitrogens with zero attached hydrogens (tertiary/aromatic N) is 1. The number of H-pyrrole nitrogens is 1. The maximum atomic E-state index is 12.7.